The van der Waals surface area contributed by atoms with Gasteiger partial charge in [0.15, 0.2) is 0 Å². The molecule has 0 bridgehead atoms. The number of piperidine rings is 1. The van der Waals surface area contributed by atoms with Crippen LogP contribution in [0.15, 0.2) is 0 Å². The highest BCUT2D eigenvalue weighted by atomic mass is 32.2. The topological polar surface area (TPSA) is 29.5 Å². The van der Waals surface area contributed by atoms with E-state index in [9.17, 15) is 4.79 Å². The van der Waals surface area contributed by atoms with E-state index in [1.807, 2.05) is 11.8 Å². The van der Waals surface area contributed by atoms with Crippen molar-refractivity contribution in [3.05, 3.63) is 0 Å². The molecule has 1 spiro atoms. The molecule has 3 aliphatic rings. The van der Waals surface area contributed by atoms with E-state index in [1.54, 1.807) is 6.92 Å². The fraction of sp³-hybridized carbons (Fsp3) is 0.933. The Labute approximate surface area is 120 Å². The molecule has 19 heavy (non-hydrogen) atoms. The average molecular weight is 283 g/mol. The molecule has 0 aromatic carbocycles. The summed E-state index contributed by atoms with van der Waals surface area (Å²) in [6.07, 6.45) is 5.83. The molecule has 3 heterocycles. The Balaban J connectivity index is 1.63. The van der Waals surface area contributed by atoms with E-state index in [-0.39, 0.29) is 11.5 Å². The first-order valence-electron chi connectivity index (χ1n) is 7.65. The lowest BCUT2D eigenvalue weighted by molar-refractivity contribution is -0.124. The molecule has 0 aromatic rings. The summed E-state index contributed by atoms with van der Waals surface area (Å²) in [6, 6.07) is 0.648. The van der Waals surface area contributed by atoms with Gasteiger partial charge in [-0.3, -0.25) is 9.69 Å². The van der Waals surface area contributed by atoms with Crippen molar-refractivity contribution in [2.75, 3.05) is 31.2 Å². The van der Waals surface area contributed by atoms with Gasteiger partial charge in [-0.05, 0) is 51.3 Å². The lowest BCUT2D eigenvalue weighted by Crippen LogP contribution is -2.52. The third-order valence-electron chi connectivity index (χ3n) is 5.08. The first-order valence-corrected chi connectivity index (χ1v) is 8.80. The number of thioether (sulfide) groups is 1. The average Bonchev–Trinajstić information content (AvgIpc) is 2.87. The van der Waals surface area contributed by atoms with Crippen molar-refractivity contribution < 1.29 is 9.53 Å². The maximum atomic E-state index is 11.6. The van der Waals surface area contributed by atoms with Crippen LogP contribution in [0, 0.1) is 5.92 Å². The van der Waals surface area contributed by atoms with E-state index in [1.165, 1.54) is 37.3 Å². The SMILES string of the molecule is CC(=O)C1CCCN(C2CCOC3(CCSC3)C2)C1. The summed E-state index contributed by atoms with van der Waals surface area (Å²) < 4.78 is 6.11. The molecule has 0 amide bonds. The highest BCUT2D eigenvalue weighted by Gasteiger charge is 2.42. The van der Waals surface area contributed by atoms with E-state index >= 15 is 0 Å². The molecule has 3 rings (SSSR count). The molecular weight excluding hydrogens is 258 g/mol. The minimum Gasteiger partial charge on any atom is -0.374 e. The fourth-order valence-electron chi connectivity index (χ4n) is 3.85. The van der Waals surface area contributed by atoms with Gasteiger partial charge >= 0.3 is 0 Å². The van der Waals surface area contributed by atoms with Crippen LogP contribution in [0.2, 0.25) is 0 Å². The predicted octanol–water partition coefficient (Wildman–Crippen LogP) is 2.34. The molecule has 108 valence electrons. The molecule has 3 atom stereocenters. The van der Waals surface area contributed by atoms with Gasteiger partial charge in [-0.2, -0.15) is 11.8 Å². The van der Waals surface area contributed by atoms with Crippen LogP contribution in [0.4, 0.5) is 0 Å². The number of nitrogens with zero attached hydrogens (tertiary/aromatic N) is 1. The minimum absolute atomic E-state index is 0.163. The van der Waals surface area contributed by atoms with Crippen LogP contribution in [0.5, 0.6) is 0 Å². The van der Waals surface area contributed by atoms with Crippen LogP contribution < -0.4 is 0 Å². The van der Waals surface area contributed by atoms with Crippen LogP contribution in [-0.2, 0) is 9.53 Å². The quantitative estimate of drug-likeness (QED) is 0.778. The van der Waals surface area contributed by atoms with Crippen molar-refractivity contribution in [3.63, 3.8) is 0 Å². The van der Waals surface area contributed by atoms with Crippen LogP contribution in [0.25, 0.3) is 0 Å². The van der Waals surface area contributed by atoms with Gasteiger partial charge < -0.3 is 4.74 Å². The van der Waals surface area contributed by atoms with Gasteiger partial charge in [0.1, 0.15) is 5.78 Å². The molecule has 3 aliphatic heterocycles. The lowest BCUT2D eigenvalue weighted by atomic mass is 9.86. The monoisotopic (exact) mass is 283 g/mol. The summed E-state index contributed by atoms with van der Waals surface area (Å²) in [6.45, 7) is 4.83. The largest absolute Gasteiger partial charge is 0.374 e. The number of carbonyl (C=O) groups excluding carboxylic acids is 1. The van der Waals surface area contributed by atoms with Gasteiger partial charge in [0.2, 0.25) is 0 Å². The van der Waals surface area contributed by atoms with E-state index in [2.05, 4.69) is 4.90 Å². The molecule has 3 unspecified atom stereocenters. The predicted molar refractivity (Wildman–Crippen MR) is 78.6 cm³/mol. The normalized spacial score (nSPS) is 40.7. The Morgan fingerprint density at radius 1 is 1.42 bits per heavy atom. The molecule has 3 fully saturated rings. The highest BCUT2D eigenvalue weighted by molar-refractivity contribution is 7.99. The Hall–Kier alpha value is -0.0600. The van der Waals surface area contributed by atoms with Crippen LogP contribution in [-0.4, -0.2) is 53.5 Å². The Morgan fingerprint density at radius 2 is 2.32 bits per heavy atom. The summed E-state index contributed by atoms with van der Waals surface area (Å²) >= 11 is 2.04. The molecule has 3 saturated heterocycles. The number of rotatable bonds is 2. The van der Waals surface area contributed by atoms with E-state index in [0.717, 1.165) is 26.0 Å². The van der Waals surface area contributed by atoms with Gasteiger partial charge in [0.25, 0.3) is 0 Å². The first kappa shape index (κ1) is 13.9. The van der Waals surface area contributed by atoms with Gasteiger partial charge in [-0.25, -0.2) is 0 Å². The van der Waals surface area contributed by atoms with Crippen molar-refractivity contribution in [2.45, 2.75) is 50.7 Å². The standard InChI is InChI=1S/C15H25NO2S/c1-12(17)13-3-2-6-16(10-13)14-4-7-18-15(9-14)5-8-19-11-15/h13-14H,2-11H2,1H3. The lowest BCUT2D eigenvalue weighted by Gasteiger charge is -2.45. The van der Waals surface area contributed by atoms with E-state index in [0.29, 0.717) is 11.8 Å². The molecular formula is C15H25NO2S. The number of Topliss-reactive ketones (excluding diaryl/α,β-unsaturated/α-hetero) is 1. The number of hydrogen-bond donors (Lipinski definition) is 0. The summed E-state index contributed by atoms with van der Waals surface area (Å²) in [7, 11) is 0. The Bertz CT molecular complexity index is 341. The fourth-order valence-corrected chi connectivity index (χ4v) is 5.22. The summed E-state index contributed by atoms with van der Waals surface area (Å²) in [5.74, 6) is 3.09. The van der Waals surface area contributed by atoms with Crippen molar-refractivity contribution in [1.29, 1.82) is 0 Å². The van der Waals surface area contributed by atoms with Crippen LogP contribution in [0.1, 0.15) is 39.0 Å². The maximum Gasteiger partial charge on any atom is 0.134 e. The summed E-state index contributed by atoms with van der Waals surface area (Å²) in [4.78, 5) is 14.2. The second-order valence-electron chi connectivity index (χ2n) is 6.43. The first-order chi connectivity index (χ1) is 9.19. The zero-order valence-electron chi connectivity index (χ0n) is 11.9. The van der Waals surface area contributed by atoms with E-state index in [4.69, 9.17) is 4.74 Å². The van der Waals surface area contributed by atoms with Gasteiger partial charge in [-0.15, -0.1) is 0 Å². The number of carbonyl (C=O) groups is 1. The maximum absolute atomic E-state index is 11.6. The Kier molecular flexibility index (Phi) is 4.20. The third kappa shape index (κ3) is 3.01. The molecule has 4 heteroatoms. The van der Waals surface area contributed by atoms with Crippen molar-refractivity contribution in [3.8, 4) is 0 Å². The summed E-state index contributed by atoms with van der Waals surface area (Å²) in [5, 5.41) is 0. The van der Waals surface area contributed by atoms with Crippen LogP contribution >= 0.6 is 11.8 Å². The summed E-state index contributed by atoms with van der Waals surface area (Å²) in [5.41, 5.74) is 0.163. The minimum atomic E-state index is 0.163. The number of ketones is 1. The van der Waals surface area contributed by atoms with Gasteiger partial charge in [0.05, 0.1) is 5.60 Å². The molecule has 0 radical (unpaired) electrons. The highest BCUT2D eigenvalue weighted by Crippen LogP contribution is 2.40. The molecule has 0 aromatic heterocycles. The molecule has 0 saturated carbocycles. The zero-order valence-corrected chi connectivity index (χ0v) is 12.7. The van der Waals surface area contributed by atoms with Gasteiger partial charge in [0, 0.05) is 30.9 Å². The van der Waals surface area contributed by atoms with E-state index < -0.39 is 0 Å². The second kappa shape index (κ2) is 5.74. The van der Waals surface area contributed by atoms with Gasteiger partial charge in [-0.1, -0.05) is 0 Å². The zero-order chi connectivity index (χ0) is 13.3. The van der Waals surface area contributed by atoms with Crippen molar-refractivity contribution in [1.82, 2.24) is 4.90 Å². The third-order valence-corrected chi connectivity index (χ3v) is 6.30. The molecule has 0 aliphatic carbocycles. The van der Waals surface area contributed by atoms with Crippen LogP contribution in [0.3, 0.4) is 0 Å². The second-order valence-corrected chi connectivity index (χ2v) is 7.53. The molecule has 3 nitrogen and oxygen atoms in total. The Morgan fingerprint density at radius 3 is 3.05 bits per heavy atom. The molecule has 0 N–H and O–H groups in total. The van der Waals surface area contributed by atoms with Crippen molar-refractivity contribution in [2.24, 2.45) is 5.92 Å². The number of hydrogen-bond acceptors (Lipinski definition) is 4. The smallest absolute Gasteiger partial charge is 0.134 e. The number of likely N-dealkylation sites (tertiary alicyclic amines) is 1. The van der Waals surface area contributed by atoms with Crippen molar-refractivity contribution >= 4 is 17.5 Å². The number of ether oxygens (including phenoxy) is 1.